The monoisotopic (exact) mass is 475 g/mol. The molecule has 4 aromatic rings. The average molecular weight is 476 g/mol. The minimum Gasteiger partial charge on any atom is -0.508 e. The standard InChI is InChI=1S/C28H26ClNO4/c29-21-8-4-20(5-9-21)27-26(24-13-10-22(31)18-25(24)34-28(27)32)19-6-11-23(12-7-19)33-17-16-30-14-2-1-3-15-30/h4-13,18,31H,1-3,14-17H2. The smallest absolute Gasteiger partial charge is 0.344 e. The molecule has 6 heteroatoms. The molecule has 2 heterocycles. The maximum atomic E-state index is 13.1. The normalized spacial score (nSPS) is 14.4. The van der Waals surface area contributed by atoms with Crippen LogP contribution in [0.25, 0.3) is 33.2 Å². The molecule has 3 aromatic carbocycles. The first-order valence-electron chi connectivity index (χ1n) is 11.6. The van der Waals surface area contributed by atoms with Crippen molar-refractivity contribution >= 4 is 22.6 Å². The number of benzene rings is 3. The van der Waals surface area contributed by atoms with Crippen molar-refractivity contribution in [3.05, 3.63) is 82.2 Å². The molecule has 1 N–H and O–H groups in total. The van der Waals surface area contributed by atoms with Crippen molar-refractivity contribution in [2.45, 2.75) is 19.3 Å². The van der Waals surface area contributed by atoms with Crippen LogP contribution >= 0.6 is 11.6 Å². The molecule has 1 saturated heterocycles. The summed E-state index contributed by atoms with van der Waals surface area (Å²) in [4.78, 5) is 15.5. The molecule has 0 radical (unpaired) electrons. The molecule has 34 heavy (non-hydrogen) atoms. The lowest BCUT2D eigenvalue weighted by molar-refractivity contribution is 0.183. The van der Waals surface area contributed by atoms with Gasteiger partial charge in [0.1, 0.15) is 23.7 Å². The summed E-state index contributed by atoms with van der Waals surface area (Å²) in [7, 11) is 0. The third kappa shape index (κ3) is 4.81. The zero-order valence-electron chi connectivity index (χ0n) is 18.8. The van der Waals surface area contributed by atoms with Gasteiger partial charge >= 0.3 is 5.63 Å². The van der Waals surface area contributed by atoms with E-state index in [1.54, 1.807) is 24.3 Å². The molecule has 1 aliphatic heterocycles. The van der Waals surface area contributed by atoms with Crippen LogP contribution in [0.5, 0.6) is 11.5 Å². The molecule has 1 aromatic heterocycles. The van der Waals surface area contributed by atoms with E-state index < -0.39 is 5.63 Å². The van der Waals surface area contributed by atoms with Crippen molar-refractivity contribution in [1.29, 1.82) is 0 Å². The molecular formula is C28H26ClNO4. The minimum atomic E-state index is -0.475. The van der Waals surface area contributed by atoms with Crippen molar-refractivity contribution in [2.24, 2.45) is 0 Å². The molecule has 0 spiro atoms. The number of hydrogen-bond donors (Lipinski definition) is 1. The van der Waals surface area contributed by atoms with E-state index in [-0.39, 0.29) is 5.75 Å². The number of phenolic OH excluding ortho intramolecular Hbond substituents is 1. The molecule has 1 fully saturated rings. The third-order valence-corrected chi connectivity index (χ3v) is 6.54. The molecule has 0 amide bonds. The topological polar surface area (TPSA) is 62.9 Å². The number of likely N-dealkylation sites (tertiary alicyclic amines) is 1. The molecule has 0 bridgehead atoms. The summed E-state index contributed by atoms with van der Waals surface area (Å²) in [6.45, 7) is 3.87. The second-order valence-corrected chi connectivity index (χ2v) is 9.04. The summed E-state index contributed by atoms with van der Waals surface area (Å²) < 4.78 is 11.6. The number of ether oxygens (including phenoxy) is 1. The van der Waals surface area contributed by atoms with Gasteiger partial charge in [-0.05, 0) is 73.5 Å². The highest BCUT2D eigenvalue weighted by Crippen LogP contribution is 2.37. The van der Waals surface area contributed by atoms with Crippen LogP contribution in [0.1, 0.15) is 19.3 Å². The minimum absolute atomic E-state index is 0.0401. The van der Waals surface area contributed by atoms with Crippen LogP contribution in [-0.4, -0.2) is 36.2 Å². The van der Waals surface area contributed by atoms with E-state index in [0.29, 0.717) is 28.3 Å². The second kappa shape index (κ2) is 9.92. The van der Waals surface area contributed by atoms with E-state index in [0.717, 1.165) is 41.9 Å². The number of piperidine rings is 1. The van der Waals surface area contributed by atoms with Crippen LogP contribution in [0.3, 0.4) is 0 Å². The third-order valence-electron chi connectivity index (χ3n) is 6.29. The number of hydrogen-bond acceptors (Lipinski definition) is 5. The SMILES string of the molecule is O=c1oc2cc(O)ccc2c(-c2ccc(OCCN3CCCCC3)cc2)c1-c1ccc(Cl)cc1. The molecule has 1 aliphatic rings. The molecule has 0 aliphatic carbocycles. The van der Waals surface area contributed by atoms with Crippen molar-refractivity contribution in [2.75, 3.05) is 26.2 Å². The quantitative estimate of drug-likeness (QED) is 0.329. The van der Waals surface area contributed by atoms with Gasteiger partial charge in [0.2, 0.25) is 0 Å². The molecule has 5 nitrogen and oxygen atoms in total. The van der Waals surface area contributed by atoms with Crippen LogP contribution < -0.4 is 10.4 Å². The molecule has 0 saturated carbocycles. The number of rotatable bonds is 6. The van der Waals surface area contributed by atoms with E-state index in [9.17, 15) is 9.90 Å². The van der Waals surface area contributed by atoms with Gasteiger partial charge in [-0.2, -0.15) is 0 Å². The van der Waals surface area contributed by atoms with Gasteiger partial charge in [-0.25, -0.2) is 4.79 Å². The summed E-state index contributed by atoms with van der Waals surface area (Å²) in [6, 6.07) is 19.7. The van der Waals surface area contributed by atoms with Gasteiger partial charge in [0, 0.05) is 28.6 Å². The van der Waals surface area contributed by atoms with Gasteiger partial charge in [0.05, 0.1) is 5.56 Å². The number of fused-ring (bicyclic) bond motifs is 1. The van der Waals surface area contributed by atoms with Gasteiger partial charge in [0.25, 0.3) is 0 Å². The van der Waals surface area contributed by atoms with Gasteiger partial charge in [0.15, 0.2) is 0 Å². The Bertz CT molecular complexity index is 1340. The van der Waals surface area contributed by atoms with Gasteiger partial charge in [-0.3, -0.25) is 4.90 Å². The molecule has 0 unspecified atom stereocenters. The van der Waals surface area contributed by atoms with E-state index in [4.69, 9.17) is 20.8 Å². The van der Waals surface area contributed by atoms with Crippen molar-refractivity contribution in [3.8, 4) is 33.8 Å². The summed E-state index contributed by atoms with van der Waals surface area (Å²) >= 11 is 6.07. The Morgan fingerprint density at radius 1 is 0.882 bits per heavy atom. The summed E-state index contributed by atoms with van der Waals surface area (Å²) in [5.74, 6) is 0.831. The fraction of sp³-hybridized carbons (Fsp3) is 0.250. The number of aromatic hydroxyl groups is 1. The first-order chi connectivity index (χ1) is 16.6. The predicted octanol–water partition coefficient (Wildman–Crippen LogP) is 6.35. The van der Waals surface area contributed by atoms with Gasteiger partial charge < -0.3 is 14.3 Å². The zero-order valence-corrected chi connectivity index (χ0v) is 19.6. The lowest BCUT2D eigenvalue weighted by Gasteiger charge is -2.26. The second-order valence-electron chi connectivity index (χ2n) is 8.60. The maximum Gasteiger partial charge on any atom is 0.344 e. The molecule has 0 atom stereocenters. The summed E-state index contributed by atoms with van der Waals surface area (Å²) in [5, 5.41) is 11.2. The number of phenols is 1. The fourth-order valence-corrected chi connectivity index (χ4v) is 4.69. The Morgan fingerprint density at radius 2 is 1.56 bits per heavy atom. The predicted molar refractivity (Wildman–Crippen MR) is 136 cm³/mol. The Morgan fingerprint density at radius 3 is 2.29 bits per heavy atom. The zero-order chi connectivity index (χ0) is 23.5. The average Bonchev–Trinajstić information content (AvgIpc) is 2.85. The van der Waals surface area contributed by atoms with Crippen LogP contribution in [0.4, 0.5) is 0 Å². The van der Waals surface area contributed by atoms with Crippen molar-refractivity contribution in [3.63, 3.8) is 0 Å². The van der Waals surface area contributed by atoms with Crippen LogP contribution in [0.2, 0.25) is 5.02 Å². The number of halogens is 1. The lowest BCUT2D eigenvalue weighted by Crippen LogP contribution is -2.33. The van der Waals surface area contributed by atoms with E-state index in [1.165, 1.54) is 25.3 Å². The first kappa shape index (κ1) is 22.5. The van der Waals surface area contributed by atoms with Crippen LogP contribution in [-0.2, 0) is 0 Å². The molecule has 174 valence electrons. The summed E-state index contributed by atoms with van der Waals surface area (Å²) in [6.07, 6.45) is 3.85. The highest BCUT2D eigenvalue weighted by molar-refractivity contribution is 6.30. The Hall–Kier alpha value is -3.28. The summed E-state index contributed by atoms with van der Waals surface area (Å²) in [5.41, 5.74) is 2.63. The van der Waals surface area contributed by atoms with Gasteiger partial charge in [-0.15, -0.1) is 0 Å². The van der Waals surface area contributed by atoms with E-state index in [2.05, 4.69) is 4.90 Å². The molecular weight excluding hydrogens is 450 g/mol. The first-order valence-corrected chi connectivity index (χ1v) is 12.0. The molecule has 5 rings (SSSR count). The van der Waals surface area contributed by atoms with Gasteiger partial charge in [-0.1, -0.05) is 42.3 Å². The van der Waals surface area contributed by atoms with Crippen LogP contribution in [0.15, 0.2) is 75.9 Å². The van der Waals surface area contributed by atoms with Crippen molar-refractivity contribution < 1.29 is 14.3 Å². The van der Waals surface area contributed by atoms with Crippen molar-refractivity contribution in [1.82, 2.24) is 4.90 Å². The Labute approximate surface area is 203 Å². The lowest BCUT2D eigenvalue weighted by atomic mass is 9.93. The Kier molecular flexibility index (Phi) is 6.57. The number of nitrogens with zero attached hydrogens (tertiary/aromatic N) is 1. The largest absolute Gasteiger partial charge is 0.508 e. The highest BCUT2D eigenvalue weighted by Gasteiger charge is 2.19. The van der Waals surface area contributed by atoms with E-state index in [1.807, 2.05) is 36.4 Å². The van der Waals surface area contributed by atoms with E-state index >= 15 is 0 Å². The fourth-order valence-electron chi connectivity index (χ4n) is 4.56. The highest BCUT2D eigenvalue weighted by atomic mass is 35.5. The Balaban J connectivity index is 1.49. The van der Waals surface area contributed by atoms with Crippen LogP contribution in [0, 0.1) is 0 Å². The maximum absolute atomic E-state index is 13.1.